The van der Waals surface area contributed by atoms with E-state index in [4.69, 9.17) is 32.7 Å². The molecule has 1 atom stereocenters. The zero-order chi connectivity index (χ0) is 25.8. The van der Waals surface area contributed by atoms with Crippen molar-refractivity contribution in [1.29, 1.82) is 0 Å². The van der Waals surface area contributed by atoms with Crippen molar-refractivity contribution in [2.24, 2.45) is 0 Å². The number of benzene rings is 2. The molecule has 192 valence electrons. The van der Waals surface area contributed by atoms with Crippen LogP contribution in [0.15, 0.2) is 36.4 Å². The van der Waals surface area contributed by atoms with Crippen LogP contribution < -0.4 is 14.8 Å². The van der Waals surface area contributed by atoms with Gasteiger partial charge < -0.3 is 19.7 Å². The first-order chi connectivity index (χ1) is 16.8. The maximum Gasteiger partial charge on any atom is 0.242 e. The summed E-state index contributed by atoms with van der Waals surface area (Å²) in [6.07, 6.45) is 2.59. The monoisotopic (exact) mass is 522 g/mol. The van der Waals surface area contributed by atoms with Gasteiger partial charge >= 0.3 is 0 Å². The molecule has 2 aromatic carbocycles. The van der Waals surface area contributed by atoms with Crippen LogP contribution in [0.25, 0.3) is 0 Å². The molecule has 0 radical (unpaired) electrons. The number of hydrogen-bond donors (Lipinski definition) is 1. The largest absolute Gasteiger partial charge is 0.490 e. The average Bonchev–Trinajstić information content (AvgIpc) is 2.83. The first kappa shape index (κ1) is 28.8. The fraction of sp³-hybridized carbons (Fsp3) is 0.481. The van der Waals surface area contributed by atoms with E-state index in [0.29, 0.717) is 47.7 Å². The van der Waals surface area contributed by atoms with Gasteiger partial charge in [-0.1, -0.05) is 48.7 Å². The van der Waals surface area contributed by atoms with Crippen molar-refractivity contribution in [3.8, 4) is 11.5 Å². The Bertz CT molecular complexity index is 984. The summed E-state index contributed by atoms with van der Waals surface area (Å²) >= 11 is 12.4. The van der Waals surface area contributed by atoms with Crippen LogP contribution >= 0.6 is 23.2 Å². The molecule has 2 amide bonds. The highest BCUT2D eigenvalue weighted by molar-refractivity contribution is 6.35. The zero-order valence-corrected chi connectivity index (χ0v) is 22.5. The molecule has 2 aromatic rings. The summed E-state index contributed by atoms with van der Waals surface area (Å²) in [6, 6.07) is 10.2. The Morgan fingerprint density at radius 2 is 1.71 bits per heavy atom. The second kappa shape index (κ2) is 14.8. The molecule has 2 rings (SSSR count). The summed E-state index contributed by atoms with van der Waals surface area (Å²) in [6.45, 7) is 9.49. The second-order valence-corrected chi connectivity index (χ2v) is 9.07. The summed E-state index contributed by atoms with van der Waals surface area (Å²) in [7, 11) is 0. The van der Waals surface area contributed by atoms with Crippen LogP contribution in [0.2, 0.25) is 10.0 Å². The van der Waals surface area contributed by atoms with Crippen molar-refractivity contribution in [3.63, 3.8) is 0 Å². The predicted molar refractivity (Wildman–Crippen MR) is 141 cm³/mol. The Labute approximate surface area is 218 Å². The number of nitrogens with one attached hydrogen (secondary N) is 1. The molecule has 0 spiro atoms. The Balaban J connectivity index is 2.19. The van der Waals surface area contributed by atoms with E-state index >= 15 is 0 Å². The van der Waals surface area contributed by atoms with E-state index in [9.17, 15) is 9.59 Å². The Kier molecular flexibility index (Phi) is 12.2. The van der Waals surface area contributed by atoms with Crippen LogP contribution in [-0.4, -0.2) is 42.5 Å². The van der Waals surface area contributed by atoms with Gasteiger partial charge in [-0.2, -0.15) is 0 Å². The molecule has 6 nitrogen and oxygen atoms in total. The number of hydrogen-bond acceptors (Lipinski definition) is 4. The predicted octanol–water partition coefficient (Wildman–Crippen LogP) is 6.06. The van der Waals surface area contributed by atoms with Gasteiger partial charge in [-0.05, 0) is 69.0 Å². The van der Waals surface area contributed by atoms with Crippen LogP contribution in [0.1, 0.15) is 58.1 Å². The normalized spacial score (nSPS) is 11.6. The Hall–Kier alpha value is -2.44. The van der Waals surface area contributed by atoms with Crippen LogP contribution in [0.4, 0.5) is 0 Å². The fourth-order valence-electron chi connectivity index (χ4n) is 3.60. The summed E-state index contributed by atoms with van der Waals surface area (Å²) in [5.41, 5.74) is 1.69. The van der Waals surface area contributed by atoms with Gasteiger partial charge in [0, 0.05) is 29.6 Å². The number of carbonyl (C=O) groups is 2. The lowest BCUT2D eigenvalue weighted by Gasteiger charge is -2.29. The van der Waals surface area contributed by atoms with Crippen LogP contribution in [-0.2, 0) is 22.6 Å². The highest BCUT2D eigenvalue weighted by atomic mass is 35.5. The van der Waals surface area contributed by atoms with E-state index in [1.165, 1.54) is 0 Å². The van der Waals surface area contributed by atoms with Gasteiger partial charge in [0.15, 0.2) is 11.5 Å². The maximum absolute atomic E-state index is 13.4. The second-order valence-electron chi connectivity index (χ2n) is 8.23. The fourth-order valence-corrected chi connectivity index (χ4v) is 4.07. The maximum atomic E-state index is 13.4. The van der Waals surface area contributed by atoms with Crippen LogP contribution in [0, 0.1) is 0 Å². The third kappa shape index (κ3) is 8.93. The van der Waals surface area contributed by atoms with Gasteiger partial charge in [0.1, 0.15) is 6.04 Å². The third-order valence-electron chi connectivity index (χ3n) is 5.59. The standard InChI is InChI=1S/C27H36Cl2N2O4/c1-5-8-15-30-27(33)19(4)31(18-21-11-12-22(28)17-23(21)29)26(32)14-10-20-9-13-24(34-6-2)25(16-20)35-7-3/h9,11-13,16-17,19H,5-8,10,14-15,18H2,1-4H3,(H,30,33)/t19-/m1/s1. The minimum Gasteiger partial charge on any atom is -0.490 e. The van der Waals surface area contributed by atoms with E-state index in [1.54, 1.807) is 30.0 Å². The van der Waals surface area contributed by atoms with E-state index in [-0.39, 0.29) is 24.8 Å². The van der Waals surface area contributed by atoms with E-state index in [2.05, 4.69) is 12.2 Å². The molecule has 0 unspecified atom stereocenters. The Morgan fingerprint density at radius 1 is 1.00 bits per heavy atom. The summed E-state index contributed by atoms with van der Waals surface area (Å²) in [4.78, 5) is 27.7. The number of carbonyl (C=O) groups excluding carboxylic acids is 2. The molecule has 0 aliphatic rings. The molecular formula is C27H36Cl2N2O4. The molecule has 0 heterocycles. The molecule has 0 fully saturated rings. The lowest BCUT2D eigenvalue weighted by atomic mass is 10.1. The van der Waals surface area contributed by atoms with Crippen molar-refractivity contribution in [2.75, 3.05) is 19.8 Å². The van der Waals surface area contributed by atoms with Gasteiger partial charge in [0.05, 0.1) is 13.2 Å². The quantitative estimate of drug-likeness (QED) is 0.306. The van der Waals surface area contributed by atoms with Gasteiger partial charge in [-0.25, -0.2) is 0 Å². The minimum absolute atomic E-state index is 0.138. The number of aryl methyl sites for hydroxylation is 1. The number of rotatable bonds is 14. The van der Waals surface area contributed by atoms with Crippen molar-refractivity contribution in [3.05, 3.63) is 57.6 Å². The van der Waals surface area contributed by atoms with E-state index in [1.807, 2.05) is 32.0 Å². The van der Waals surface area contributed by atoms with Crippen LogP contribution in [0.3, 0.4) is 0 Å². The molecule has 0 bridgehead atoms. The lowest BCUT2D eigenvalue weighted by molar-refractivity contribution is -0.140. The van der Waals surface area contributed by atoms with Gasteiger partial charge in [0.2, 0.25) is 11.8 Å². The highest BCUT2D eigenvalue weighted by Gasteiger charge is 2.26. The molecular weight excluding hydrogens is 487 g/mol. The number of nitrogens with zero attached hydrogens (tertiary/aromatic N) is 1. The first-order valence-electron chi connectivity index (χ1n) is 12.2. The summed E-state index contributed by atoms with van der Waals surface area (Å²) in [5.74, 6) is 1.02. The molecule has 8 heteroatoms. The van der Waals surface area contributed by atoms with Gasteiger partial charge in [-0.3, -0.25) is 9.59 Å². The van der Waals surface area contributed by atoms with Crippen molar-refractivity contribution < 1.29 is 19.1 Å². The van der Waals surface area contributed by atoms with Gasteiger partial charge in [-0.15, -0.1) is 0 Å². The van der Waals surface area contributed by atoms with E-state index in [0.717, 1.165) is 24.0 Å². The van der Waals surface area contributed by atoms with E-state index < -0.39 is 6.04 Å². The SMILES string of the molecule is CCCCNC(=O)[C@@H](C)N(Cc1ccc(Cl)cc1Cl)C(=O)CCc1ccc(OCC)c(OCC)c1. The molecule has 0 aliphatic carbocycles. The topological polar surface area (TPSA) is 67.9 Å². The number of amides is 2. The smallest absolute Gasteiger partial charge is 0.242 e. The Morgan fingerprint density at radius 3 is 2.37 bits per heavy atom. The zero-order valence-electron chi connectivity index (χ0n) is 21.0. The summed E-state index contributed by atoms with van der Waals surface area (Å²) < 4.78 is 11.3. The highest BCUT2D eigenvalue weighted by Crippen LogP contribution is 2.29. The molecule has 0 aromatic heterocycles. The number of halogens is 2. The van der Waals surface area contributed by atoms with Crippen molar-refractivity contribution in [1.82, 2.24) is 10.2 Å². The summed E-state index contributed by atoms with van der Waals surface area (Å²) in [5, 5.41) is 3.90. The molecule has 0 saturated heterocycles. The molecule has 0 aliphatic heterocycles. The van der Waals surface area contributed by atoms with Crippen molar-refractivity contribution in [2.45, 2.75) is 66.0 Å². The number of ether oxygens (including phenoxy) is 2. The van der Waals surface area contributed by atoms with Crippen LogP contribution in [0.5, 0.6) is 11.5 Å². The first-order valence-corrected chi connectivity index (χ1v) is 13.0. The van der Waals surface area contributed by atoms with Gasteiger partial charge in [0.25, 0.3) is 0 Å². The lowest BCUT2D eigenvalue weighted by Crippen LogP contribution is -2.47. The molecule has 0 saturated carbocycles. The number of unbranched alkanes of at least 4 members (excludes halogenated alkanes) is 1. The average molecular weight is 524 g/mol. The molecule has 35 heavy (non-hydrogen) atoms. The minimum atomic E-state index is -0.648. The molecule has 1 N–H and O–H groups in total. The van der Waals surface area contributed by atoms with Crippen molar-refractivity contribution >= 4 is 35.0 Å². The third-order valence-corrected chi connectivity index (χ3v) is 6.17.